The van der Waals surface area contributed by atoms with E-state index in [9.17, 15) is 14.7 Å². The molecule has 1 saturated heterocycles. The number of hydrogen-bond donors (Lipinski definition) is 1. The molecule has 5 heteroatoms. The van der Waals surface area contributed by atoms with Crippen molar-refractivity contribution in [2.75, 3.05) is 18.6 Å². The highest BCUT2D eigenvalue weighted by Gasteiger charge is 2.46. The number of imide groups is 1. The maximum absolute atomic E-state index is 12.2. The largest absolute Gasteiger partial charge is 0.387 e. The molecule has 2 aliphatic rings. The lowest BCUT2D eigenvalue weighted by Crippen LogP contribution is -2.53. The second-order valence-electron chi connectivity index (χ2n) is 6.36. The van der Waals surface area contributed by atoms with E-state index in [1.165, 1.54) is 16.7 Å². The van der Waals surface area contributed by atoms with Crippen LogP contribution in [-0.4, -0.2) is 46.0 Å². The van der Waals surface area contributed by atoms with Crippen LogP contribution >= 0.6 is 11.8 Å². The van der Waals surface area contributed by atoms with Gasteiger partial charge in [0.2, 0.25) is 11.8 Å². The summed E-state index contributed by atoms with van der Waals surface area (Å²) in [6.45, 7) is 1.81. The second kappa shape index (κ2) is 5.44. The molecule has 2 rings (SSSR count). The van der Waals surface area contributed by atoms with Crippen LogP contribution < -0.4 is 0 Å². The molecule has 0 radical (unpaired) electrons. The van der Waals surface area contributed by atoms with E-state index in [-0.39, 0.29) is 23.8 Å². The molecule has 1 aliphatic heterocycles. The average Bonchev–Trinajstić information content (AvgIpc) is 2.72. The minimum absolute atomic E-state index is 0.0595. The molecule has 1 unspecified atom stereocenters. The maximum atomic E-state index is 12.2. The molecule has 4 nitrogen and oxygen atoms in total. The van der Waals surface area contributed by atoms with Crippen LogP contribution in [0.5, 0.6) is 0 Å². The van der Waals surface area contributed by atoms with Gasteiger partial charge in [0.1, 0.15) is 0 Å². The first kappa shape index (κ1) is 14.9. The highest BCUT2D eigenvalue weighted by atomic mass is 32.2. The number of rotatable bonds is 4. The fourth-order valence-corrected chi connectivity index (χ4v) is 4.10. The Hall–Kier alpha value is -0.550. The number of amides is 2. The van der Waals surface area contributed by atoms with Gasteiger partial charge in [-0.25, -0.2) is 0 Å². The van der Waals surface area contributed by atoms with Gasteiger partial charge in [-0.2, -0.15) is 11.8 Å². The van der Waals surface area contributed by atoms with Crippen LogP contribution in [0, 0.1) is 5.41 Å². The minimum atomic E-state index is -0.995. The summed E-state index contributed by atoms with van der Waals surface area (Å²) in [4.78, 5) is 25.7. The van der Waals surface area contributed by atoms with Crippen LogP contribution in [-0.2, 0) is 9.59 Å². The predicted molar refractivity (Wildman–Crippen MR) is 75.9 cm³/mol. The minimum Gasteiger partial charge on any atom is -0.387 e. The Labute approximate surface area is 118 Å². The molecule has 1 saturated carbocycles. The summed E-state index contributed by atoms with van der Waals surface area (Å²) in [5, 5.41) is 10.2. The Morgan fingerprint density at radius 2 is 1.79 bits per heavy atom. The molecule has 0 aromatic rings. The first-order chi connectivity index (χ1) is 8.87. The molecular formula is C14H23NO3S. The van der Waals surface area contributed by atoms with Crippen LogP contribution in [0.1, 0.15) is 45.4 Å². The molecule has 1 atom stereocenters. The van der Waals surface area contributed by atoms with E-state index in [0.717, 1.165) is 25.7 Å². The summed E-state index contributed by atoms with van der Waals surface area (Å²) in [7, 11) is 0. The van der Waals surface area contributed by atoms with Crippen molar-refractivity contribution >= 4 is 23.6 Å². The number of aliphatic hydroxyl groups is 1. The molecular weight excluding hydrogens is 262 g/mol. The lowest BCUT2D eigenvalue weighted by molar-refractivity contribution is -0.156. The van der Waals surface area contributed by atoms with Crippen molar-refractivity contribution in [2.45, 2.75) is 51.0 Å². The molecule has 0 bridgehead atoms. The van der Waals surface area contributed by atoms with Crippen molar-refractivity contribution in [1.29, 1.82) is 0 Å². The monoisotopic (exact) mass is 285 g/mol. The Morgan fingerprint density at radius 3 is 2.26 bits per heavy atom. The van der Waals surface area contributed by atoms with Gasteiger partial charge < -0.3 is 5.11 Å². The predicted octanol–water partition coefficient (Wildman–Crippen LogP) is 1.81. The number of nitrogens with zero attached hydrogens (tertiary/aromatic N) is 1. The summed E-state index contributed by atoms with van der Waals surface area (Å²) >= 11 is 1.52. The average molecular weight is 285 g/mol. The van der Waals surface area contributed by atoms with E-state index in [2.05, 4.69) is 0 Å². The van der Waals surface area contributed by atoms with Gasteiger partial charge in [-0.05, 0) is 31.4 Å². The van der Waals surface area contributed by atoms with Gasteiger partial charge in [-0.3, -0.25) is 14.5 Å². The summed E-state index contributed by atoms with van der Waals surface area (Å²) in [5.74, 6) is 0.328. The summed E-state index contributed by atoms with van der Waals surface area (Å²) < 4.78 is 0. The second-order valence-corrected chi connectivity index (χ2v) is 7.23. The van der Waals surface area contributed by atoms with E-state index in [4.69, 9.17) is 0 Å². The third kappa shape index (κ3) is 3.31. The Bertz CT molecular complexity index is 355. The molecule has 19 heavy (non-hydrogen) atoms. The quantitative estimate of drug-likeness (QED) is 0.800. The highest BCUT2D eigenvalue weighted by Crippen LogP contribution is 2.47. The Balaban J connectivity index is 2.04. The number of piperidine rings is 1. The standard InChI is InChI=1S/C14H23NO3S/c1-13(18,10-19-2)9-15-11(16)7-14(8-12(15)17)5-3-4-6-14/h18H,3-10H2,1-2H3. The summed E-state index contributed by atoms with van der Waals surface area (Å²) in [5.41, 5.74) is -1.05. The zero-order valence-corrected chi connectivity index (χ0v) is 12.6. The van der Waals surface area contributed by atoms with Gasteiger partial charge in [0.15, 0.2) is 0 Å². The molecule has 108 valence electrons. The smallest absolute Gasteiger partial charge is 0.229 e. The molecule has 2 fully saturated rings. The van der Waals surface area contributed by atoms with Gasteiger partial charge in [-0.15, -0.1) is 0 Å². The number of thioether (sulfide) groups is 1. The number of carbonyl (C=O) groups excluding carboxylic acids is 2. The molecule has 0 aromatic heterocycles. The van der Waals surface area contributed by atoms with Gasteiger partial charge in [0.05, 0.1) is 12.1 Å². The van der Waals surface area contributed by atoms with Crippen LogP contribution in [0.2, 0.25) is 0 Å². The van der Waals surface area contributed by atoms with Gasteiger partial charge in [-0.1, -0.05) is 12.8 Å². The van der Waals surface area contributed by atoms with Crippen molar-refractivity contribution in [1.82, 2.24) is 4.90 Å². The molecule has 1 spiro atoms. The fourth-order valence-electron chi connectivity index (χ4n) is 3.39. The van der Waals surface area contributed by atoms with Gasteiger partial charge >= 0.3 is 0 Å². The highest BCUT2D eigenvalue weighted by molar-refractivity contribution is 7.98. The first-order valence-corrected chi connectivity index (χ1v) is 8.31. The number of hydrogen-bond acceptors (Lipinski definition) is 4. The molecule has 1 N–H and O–H groups in total. The van der Waals surface area contributed by atoms with Crippen LogP contribution in [0.25, 0.3) is 0 Å². The third-order valence-corrected chi connectivity index (χ3v) is 5.18. The summed E-state index contributed by atoms with van der Waals surface area (Å²) in [6, 6.07) is 0. The van der Waals surface area contributed by atoms with Gasteiger partial charge in [0, 0.05) is 18.6 Å². The third-order valence-electron chi connectivity index (χ3n) is 4.27. The maximum Gasteiger partial charge on any atom is 0.229 e. The lowest BCUT2D eigenvalue weighted by Gasteiger charge is -2.39. The van der Waals surface area contributed by atoms with Crippen molar-refractivity contribution in [2.24, 2.45) is 5.41 Å². The van der Waals surface area contributed by atoms with Crippen LogP contribution in [0.3, 0.4) is 0 Å². The summed E-state index contributed by atoms with van der Waals surface area (Å²) in [6.07, 6.45) is 7.12. The van der Waals surface area contributed by atoms with E-state index in [1.807, 2.05) is 6.26 Å². The number of likely N-dealkylation sites (tertiary alicyclic amines) is 1. The number of β-amino-alcohol motifs (C(OH)–C–C–N with tert-alkyl or cyclic N) is 1. The molecule has 1 heterocycles. The lowest BCUT2D eigenvalue weighted by atomic mass is 9.76. The van der Waals surface area contributed by atoms with Crippen molar-refractivity contribution < 1.29 is 14.7 Å². The van der Waals surface area contributed by atoms with Crippen molar-refractivity contribution in [3.63, 3.8) is 0 Å². The van der Waals surface area contributed by atoms with Gasteiger partial charge in [0.25, 0.3) is 0 Å². The fraction of sp³-hybridized carbons (Fsp3) is 0.857. The molecule has 0 aromatic carbocycles. The normalized spacial score (nSPS) is 25.9. The van der Waals surface area contributed by atoms with E-state index < -0.39 is 5.60 Å². The van der Waals surface area contributed by atoms with E-state index in [0.29, 0.717) is 18.6 Å². The van der Waals surface area contributed by atoms with E-state index in [1.54, 1.807) is 6.92 Å². The molecule has 1 aliphatic carbocycles. The van der Waals surface area contributed by atoms with E-state index >= 15 is 0 Å². The SMILES string of the molecule is CSCC(C)(O)CN1C(=O)CC2(CCCC2)CC1=O. The number of carbonyl (C=O) groups is 2. The zero-order chi connectivity index (χ0) is 14.1. The topological polar surface area (TPSA) is 57.6 Å². The molecule has 2 amide bonds. The van der Waals surface area contributed by atoms with Crippen molar-refractivity contribution in [3.05, 3.63) is 0 Å². The Kier molecular flexibility index (Phi) is 4.26. The zero-order valence-electron chi connectivity index (χ0n) is 11.8. The van der Waals surface area contributed by atoms with Crippen LogP contribution in [0.15, 0.2) is 0 Å². The first-order valence-electron chi connectivity index (χ1n) is 6.92. The Morgan fingerprint density at radius 1 is 1.26 bits per heavy atom. The van der Waals surface area contributed by atoms with Crippen molar-refractivity contribution in [3.8, 4) is 0 Å². The van der Waals surface area contributed by atoms with Crippen LogP contribution in [0.4, 0.5) is 0 Å².